The van der Waals surface area contributed by atoms with Crippen LogP contribution >= 0.6 is 0 Å². The largest absolute Gasteiger partial charge is 0.495 e. The van der Waals surface area contributed by atoms with Gasteiger partial charge in [-0.05, 0) is 172 Å². The lowest BCUT2D eigenvalue weighted by Crippen LogP contribution is -2.13. The molecule has 0 aliphatic rings. The third kappa shape index (κ3) is 20.9. The van der Waals surface area contributed by atoms with Crippen LogP contribution in [0.4, 0.5) is 34.1 Å². The van der Waals surface area contributed by atoms with E-state index in [-0.39, 0.29) is 39.6 Å². The monoisotopic (exact) mass is 1160 g/mol. The molecule has 0 fully saturated rings. The van der Waals surface area contributed by atoms with E-state index in [1.165, 1.54) is 0 Å². The van der Waals surface area contributed by atoms with Crippen LogP contribution in [0, 0.1) is 6.92 Å². The number of esters is 4. The molecule has 85 heavy (non-hydrogen) atoms. The zero-order valence-corrected chi connectivity index (χ0v) is 50.0. The lowest BCUT2D eigenvalue weighted by Gasteiger charge is -2.28. The number of carbonyl (C=O) groups is 4. The van der Waals surface area contributed by atoms with Crippen LogP contribution in [0.5, 0.6) is 5.75 Å². The van der Waals surface area contributed by atoms with E-state index in [0.29, 0.717) is 93.4 Å². The molecule has 0 N–H and O–H groups in total. The summed E-state index contributed by atoms with van der Waals surface area (Å²) < 4.78 is 50.0. The number of methoxy groups -OCH3 is 1. The van der Waals surface area contributed by atoms with Crippen molar-refractivity contribution in [2.75, 3.05) is 96.2 Å². The standard InChI is InChI=1S/C70H80N2O13/c1-49(2)67(73)82-43-39-78-35-31-54-11-21-60(22-12-54)71(61-23-13-55(14-24-61)32-36-79-40-44-83-68(74)50(3)4)64-29-19-58(47-53(64)9)59-20-30-65(66(48-59)77-10)72(62-25-15-56(16-26-62)33-37-80-41-45-84-69(75)51(5)6)63-27-17-57(18-28-63)34-38-81-42-46-85-70(76)52(7)8/h11-30,47-48H,1,3,5,7,31-46H2,2,4,6,8-10H3. The average molecular weight is 1160 g/mol. The number of rotatable bonds is 36. The summed E-state index contributed by atoms with van der Waals surface area (Å²) in [6.45, 7) is 26.7. The van der Waals surface area contributed by atoms with Gasteiger partial charge in [0.25, 0.3) is 0 Å². The molecule has 0 saturated heterocycles. The quantitative estimate of drug-likeness (QED) is 0.0158. The van der Waals surface area contributed by atoms with Crippen molar-refractivity contribution < 1.29 is 61.8 Å². The minimum absolute atomic E-state index is 0.160. The van der Waals surface area contributed by atoms with Crippen LogP contribution in [0.3, 0.4) is 0 Å². The van der Waals surface area contributed by atoms with Gasteiger partial charge >= 0.3 is 23.9 Å². The molecule has 0 aliphatic heterocycles. The molecule has 15 heteroatoms. The van der Waals surface area contributed by atoms with Gasteiger partial charge in [-0.1, -0.05) is 87.0 Å². The number of nitrogens with zero attached hydrogens (tertiary/aromatic N) is 2. The predicted octanol–water partition coefficient (Wildman–Crippen LogP) is 13.3. The van der Waals surface area contributed by atoms with E-state index in [2.05, 4.69) is 176 Å². The lowest BCUT2D eigenvalue weighted by molar-refractivity contribution is -0.141. The smallest absolute Gasteiger partial charge is 0.333 e. The molecule has 0 unspecified atom stereocenters. The number of hydrogen-bond donors (Lipinski definition) is 0. The van der Waals surface area contributed by atoms with Crippen molar-refractivity contribution in [2.45, 2.75) is 60.3 Å². The summed E-state index contributed by atoms with van der Waals surface area (Å²) in [5, 5.41) is 0. The Morgan fingerprint density at radius 1 is 0.353 bits per heavy atom. The van der Waals surface area contributed by atoms with Crippen molar-refractivity contribution >= 4 is 58.0 Å². The van der Waals surface area contributed by atoms with E-state index in [9.17, 15) is 19.2 Å². The zero-order chi connectivity index (χ0) is 61.1. The fraction of sp³-hybridized carbons (Fsp3) is 0.314. The highest BCUT2D eigenvalue weighted by molar-refractivity contribution is 5.89. The number of benzene rings is 6. The number of aryl methyl sites for hydroxylation is 1. The Balaban J connectivity index is 1.23. The maximum Gasteiger partial charge on any atom is 0.333 e. The van der Waals surface area contributed by atoms with Crippen molar-refractivity contribution in [1.29, 1.82) is 0 Å². The van der Waals surface area contributed by atoms with Crippen molar-refractivity contribution in [3.05, 3.63) is 210 Å². The zero-order valence-electron chi connectivity index (χ0n) is 50.0. The van der Waals surface area contributed by atoms with Crippen molar-refractivity contribution in [3.8, 4) is 16.9 Å². The Hall–Kier alpha value is -8.60. The van der Waals surface area contributed by atoms with Crippen LogP contribution in [-0.2, 0) is 82.8 Å². The van der Waals surface area contributed by atoms with Crippen LogP contribution in [0.1, 0.15) is 55.5 Å². The summed E-state index contributed by atoms with van der Waals surface area (Å²) >= 11 is 0. The van der Waals surface area contributed by atoms with Gasteiger partial charge in [0.1, 0.15) is 32.2 Å². The first-order valence-corrected chi connectivity index (χ1v) is 28.4. The summed E-state index contributed by atoms with van der Waals surface area (Å²) in [4.78, 5) is 51.4. The molecule has 6 rings (SSSR count). The van der Waals surface area contributed by atoms with Gasteiger partial charge in [-0.25, -0.2) is 19.2 Å². The van der Waals surface area contributed by atoms with Gasteiger partial charge in [0.15, 0.2) is 0 Å². The summed E-state index contributed by atoms with van der Waals surface area (Å²) in [6.07, 6.45) is 2.69. The Kier molecular flexibility index (Phi) is 26.4. The van der Waals surface area contributed by atoms with Gasteiger partial charge in [-0.2, -0.15) is 0 Å². The highest BCUT2D eigenvalue weighted by Gasteiger charge is 2.21. The molecule has 0 aromatic heterocycles. The first-order valence-electron chi connectivity index (χ1n) is 28.4. The SMILES string of the molecule is C=C(C)C(=O)OCCOCCc1ccc(N(c2ccc(CCOCCOC(=O)C(=C)C)cc2)c2ccc(-c3ccc(N(c4ccc(CCOCCOC(=O)C(=C)C)cc4)c4ccc(CCOCCOC(=O)C(=C)C)cc4)c(OC)c3)cc2C)cc1. The fourth-order valence-corrected chi connectivity index (χ4v) is 8.66. The molecule has 448 valence electrons. The van der Waals surface area contributed by atoms with Gasteiger partial charge in [-0.15, -0.1) is 0 Å². The van der Waals surface area contributed by atoms with E-state index >= 15 is 0 Å². The third-order valence-corrected chi connectivity index (χ3v) is 13.3. The van der Waals surface area contributed by atoms with Crippen LogP contribution in [-0.4, -0.2) is 110 Å². The van der Waals surface area contributed by atoms with Crippen LogP contribution in [0.25, 0.3) is 11.1 Å². The summed E-state index contributed by atoms with van der Waals surface area (Å²) in [5.74, 6) is -1.05. The highest BCUT2D eigenvalue weighted by Crippen LogP contribution is 2.44. The van der Waals surface area contributed by atoms with Gasteiger partial charge in [0, 0.05) is 50.7 Å². The Morgan fingerprint density at radius 2 is 0.624 bits per heavy atom. The highest BCUT2D eigenvalue weighted by atomic mass is 16.6. The van der Waals surface area contributed by atoms with E-state index in [0.717, 1.165) is 73.1 Å². The van der Waals surface area contributed by atoms with Crippen LogP contribution < -0.4 is 14.5 Å². The van der Waals surface area contributed by atoms with E-state index in [1.54, 1.807) is 34.8 Å². The lowest BCUT2D eigenvalue weighted by atomic mass is 9.99. The normalized spacial score (nSPS) is 10.8. The second-order valence-electron chi connectivity index (χ2n) is 20.3. The molecule has 0 bridgehead atoms. The second-order valence-corrected chi connectivity index (χ2v) is 20.3. The molecular weight excluding hydrogens is 1080 g/mol. The minimum atomic E-state index is -0.432. The van der Waals surface area contributed by atoms with E-state index in [4.69, 9.17) is 42.6 Å². The maximum atomic E-state index is 11.8. The second kappa shape index (κ2) is 34.2. The fourth-order valence-electron chi connectivity index (χ4n) is 8.66. The molecule has 0 atom stereocenters. The Morgan fingerprint density at radius 3 is 0.894 bits per heavy atom. The minimum Gasteiger partial charge on any atom is -0.495 e. The molecular formula is C70H80N2O13. The topological polar surface area (TPSA) is 158 Å². The summed E-state index contributed by atoms with van der Waals surface area (Å²) in [5.41, 5.74) is 14.4. The Bertz CT molecular complexity index is 3040. The molecule has 15 nitrogen and oxygen atoms in total. The molecule has 0 aliphatic carbocycles. The Labute approximate surface area is 501 Å². The van der Waals surface area contributed by atoms with Crippen molar-refractivity contribution in [1.82, 2.24) is 0 Å². The van der Waals surface area contributed by atoms with Crippen molar-refractivity contribution in [3.63, 3.8) is 0 Å². The number of ether oxygens (including phenoxy) is 9. The molecule has 0 amide bonds. The van der Waals surface area contributed by atoms with Gasteiger partial charge in [0.05, 0.1) is 65.7 Å². The maximum absolute atomic E-state index is 11.8. The number of hydrogen-bond acceptors (Lipinski definition) is 15. The number of anilines is 6. The summed E-state index contributed by atoms with van der Waals surface area (Å²) in [7, 11) is 1.68. The van der Waals surface area contributed by atoms with Crippen molar-refractivity contribution in [2.24, 2.45) is 0 Å². The molecule has 0 saturated carbocycles. The molecule has 0 radical (unpaired) electrons. The predicted molar refractivity (Wildman–Crippen MR) is 334 cm³/mol. The first kappa shape index (κ1) is 65.6. The molecule has 0 spiro atoms. The van der Waals surface area contributed by atoms with Crippen LogP contribution in [0.15, 0.2) is 182 Å². The van der Waals surface area contributed by atoms with Crippen LogP contribution in [0.2, 0.25) is 0 Å². The van der Waals surface area contributed by atoms with Gasteiger partial charge < -0.3 is 52.4 Å². The molecule has 6 aromatic carbocycles. The number of carbonyl (C=O) groups excluding carboxylic acids is 4. The molecule has 0 heterocycles. The van der Waals surface area contributed by atoms with Gasteiger partial charge in [-0.3, -0.25) is 0 Å². The van der Waals surface area contributed by atoms with E-state index in [1.807, 2.05) is 0 Å². The van der Waals surface area contributed by atoms with E-state index < -0.39 is 23.9 Å². The van der Waals surface area contributed by atoms with Gasteiger partial charge in [0.2, 0.25) is 0 Å². The third-order valence-electron chi connectivity index (χ3n) is 13.3. The first-order chi connectivity index (χ1) is 41.0. The summed E-state index contributed by atoms with van der Waals surface area (Å²) in [6, 6.07) is 46.3. The molecule has 6 aromatic rings. The average Bonchev–Trinajstić information content (AvgIpc) is 3.19.